The van der Waals surface area contributed by atoms with Gasteiger partial charge in [0.2, 0.25) is 29.5 Å². The Hall–Kier alpha value is -3.47. The molecule has 5 N–H and O–H groups in total. The molecule has 6 atom stereocenters. The average molecular weight is 555 g/mol. The zero-order chi connectivity index (χ0) is 29.2. The molecule has 3 fully saturated rings. The van der Waals surface area contributed by atoms with Crippen molar-refractivity contribution in [3.05, 3.63) is 29.8 Å². The van der Waals surface area contributed by atoms with Crippen LogP contribution in [0.4, 0.5) is 5.69 Å². The van der Waals surface area contributed by atoms with Crippen molar-refractivity contribution in [2.75, 3.05) is 18.9 Å². The number of nitrogens with one attached hydrogen (secondary N) is 5. The highest BCUT2D eigenvalue weighted by Crippen LogP contribution is 2.39. The molecule has 2 heterocycles. The average Bonchev–Trinajstić information content (AvgIpc) is 3.46. The van der Waals surface area contributed by atoms with Crippen molar-refractivity contribution in [3.8, 4) is 0 Å². The van der Waals surface area contributed by atoms with Crippen molar-refractivity contribution in [2.24, 2.45) is 11.3 Å². The summed E-state index contributed by atoms with van der Waals surface area (Å²) in [6, 6.07) is 5.19. The molecule has 1 aromatic carbocycles. The number of rotatable bonds is 9. The second kappa shape index (κ2) is 12.0. The second-order valence-corrected chi connectivity index (χ2v) is 12.3. The van der Waals surface area contributed by atoms with E-state index in [-0.39, 0.29) is 54.5 Å². The van der Waals surface area contributed by atoms with E-state index in [9.17, 15) is 24.0 Å². The van der Waals surface area contributed by atoms with Crippen molar-refractivity contribution in [1.82, 2.24) is 26.2 Å². The lowest BCUT2D eigenvalue weighted by Gasteiger charge is -2.38. The molecule has 1 unspecified atom stereocenters. The predicted molar refractivity (Wildman–Crippen MR) is 150 cm³/mol. The van der Waals surface area contributed by atoms with Gasteiger partial charge in [0.1, 0.15) is 12.1 Å². The normalized spacial score (nSPS) is 25.2. The van der Waals surface area contributed by atoms with Crippen LogP contribution >= 0.6 is 0 Å². The summed E-state index contributed by atoms with van der Waals surface area (Å²) in [5.41, 5.74) is 0.823. The van der Waals surface area contributed by atoms with E-state index in [0.29, 0.717) is 18.2 Å². The third-order valence-electron chi connectivity index (χ3n) is 8.30. The first-order chi connectivity index (χ1) is 18.9. The molecule has 4 rings (SSSR count). The predicted octanol–water partition coefficient (Wildman–Crippen LogP) is 0.691. The van der Waals surface area contributed by atoms with E-state index in [0.717, 1.165) is 24.8 Å². The standard InChI is InChI=1S/C29H42N6O5/c1-16(30-5)26(38)34-25(29(2,3)4)28(40)35-12-11-18-9-10-20(24(18)35)32-22(36)14-17-7-6-8-19(13-17)31-27(39)21-15-23(37)33-21/h6-8,13,16,18,20-21,24-25,30H,9-12,14-15H2,1-5H3,(H,31,39)(H,32,36)(H,33,37)(H,34,38)/t16-,18+,20-,21?,24-,25+/m0/s1. The van der Waals surface area contributed by atoms with Crippen LogP contribution in [0.25, 0.3) is 0 Å². The van der Waals surface area contributed by atoms with Gasteiger partial charge in [-0.25, -0.2) is 0 Å². The Bertz CT molecular complexity index is 1160. The fraction of sp³-hybridized carbons (Fsp3) is 0.621. The van der Waals surface area contributed by atoms with Gasteiger partial charge in [0.25, 0.3) is 0 Å². The van der Waals surface area contributed by atoms with Crippen molar-refractivity contribution in [1.29, 1.82) is 0 Å². The van der Waals surface area contributed by atoms with Crippen molar-refractivity contribution in [3.63, 3.8) is 0 Å². The number of fused-ring (bicyclic) bond motifs is 1. The Balaban J connectivity index is 1.39. The number of anilines is 1. The van der Waals surface area contributed by atoms with Gasteiger partial charge in [-0.1, -0.05) is 32.9 Å². The molecule has 40 heavy (non-hydrogen) atoms. The molecular formula is C29H42N6O5. The Morgan fingerprint density at radius 1 is 1.12 bits per heavy atom. The van der Waals surface area contributed by atoms with E-state index < -0.39 is 23.5 Å². The van der Waals surface area contributed by atoms with Crippen LogP contribution in [0.1, 0.15) is 58.9 Å². The molecule has 3 aliphatic rings. The highest BCUT2D eigenvalue weighted by molar-refractivity contribution is 6.03. The quantitative estimate of drug-likeness (QED) is 0.284. The SMILES string of the molecule is CN[C@@H](C)C(=O)N[C@H](C(=O)N1CC[C@H]2CC[C@H](NC(=O)Cc3cccc(NC(=O)C4CC(=O)N4)c3)[C@H]21)C(C)(C)C. The second-order valence-electron chi connectivity index (χ2n) is 12.3. The summed E-state index contributed by atoms with van der Waals surface area (Å²) in [7, 11) is 1.71. The van der Waals surface area contributed by atoms with Gasteiger partial charge in [-0.2, -0.15) is 0 Å². The molecule has 1 saturated carbocycles. The summed E-state index contributed by atoms with van der Waals surface area (Å²) < 4.78 is 0. The summed E-state index contributed by atoms with van der Waals surface area (Å²) in [5, 5.41) is 14.4. The number of carbonyl (C=O) groups is 5. The number of β-lactam (4-membered cyclic amide) rings is 1. The van der Waals surface area contributed by atoms with Gasteiger partial charge in [0, 0.05) is 18.3 Å². The van der Waals surface area contributed by atoms with Gasteiger partial charge >= 0.3 is 0 Å². The zero-order valence-electron chi connectivity index (χ0n) is 24.0. The maximum atomic E-state index is 13.8. The monoisotopic (exact) mass is 554 g/mol. The summed E-state index contributed by atoms with van der Waals surface area (Å²) in [4.78, 5) is 64.8. The van der Waals surface area contributed by atoms with Crippen LogP contribution in [0.15, 0.2) is 24.3 Å². The number of hydrogen-bond acceptors (Lipinski definition) is 6. The van der Waals surface area contributed by atoms with Gasteiger partial charge in [-0.3, -0.25) is 24.0 Å². The summed E-state index contributed by atoms with van der Waals surface area (Å²) in [6.45, 7) is 8.19. The smallest absolute Gasteiger partial charge is 0.247 e. The van der Waals surface area contributed by atoms with Crippen LogP contribution in [0.3, 0.4) is 0 Å². The minimum Gasteiger partial charge on any atom is -0.351 e. The van der Waals surface area contributed by atoms with Gasteiger partial charge in [0.05, 0.1) is 24.9 Å². The Morgan fingerprint density at radius 2 is 1.85 bits per heavy atom. The van der Waals surface area contributed by atoms with E-state index in [1.54, 1.807) is 32.2 Å². The first-order valence-corrected chi connectivity index (χ1v) is 14.1. The highest BCUT2D eigenvalue weighted by atomic mass is 16.2. The maximum absolute atomic E-state index is 13.8. The van der Waals surface area contributed by atoms with Crippen LogP contribution in [0.5, 0.6) is 0 Å². The molecule has 5 amide bonds. The molecule has 2 saturated heterocycles. The van der Waals surface area contributed by atoms with E-state index >= 15 is 0 Å². The van der Waals surface area contributed by atoms with Crippen LogP contribution in [0, 0.1) is 11.3 Å². The Kier molecular flexibility index (Phi) is 8.82. The number of nitrogens with zero attached hydrogens (tertiary/aromatic N) is 1. The lowest BCUT2D eigenvalue weighted by atomic mass is 9.85. The molecule has 1 aliphatic carbocycles. The van der Waals surface area contributed by atoms with E-state index in [2.05, 4.69) is 26.6 Å². The Morgan fingerprint density at radius 3 is 2.50 bits per heavy atom. The van der Waals surface area contributed by atoms with Gasteiger partial charge < -0.3 is 31.5 Å². The largest absolute Gasteiger partial charge is 0.351 e. The molecule has 218 valence electrons. The zero-order valence-corrected chi connectivity index (χ0v) is 24.0. The van der Waals surface area contributed by atoms with Gasteiger partial charge in [0.15, 0.2) is 0 Å². The van der Waals surface area contributed by atoms with Gasteiger partial charge in [-0.05, 0) is 62.3 Å². The molecule has 1 aromatic rings. The molecule has 2 aliphatic heterocycles. The van der Waals surface area contributed by atoms with Crippen molar-refractivity contribution < 1.29 is 24.0 Å². The number of amides is 5. The summed E-state index contributed by atoms with van der Waals surface area (Å²) in [6.07, 6.45) is 2.91. The fourth-order valence-corrected chi connectivity index (χ4v) is 5.88. The first-order valence-electron chi connectivity index (χ1n) is 14.1. The molecule has 11 heteroatoms. The molecule has 0 bridgehead atoms. The van der Waals surface area contributed by atoms with E-state index in [1.165, 1.54) is 0 Å². The Labute approximate surface area is 235 Å². The van der Waals surface area contributed by atoms with E-state index in [1.807, 2.05) is 31.7 Å². The number of benzene rings is 1. The summed E-state index contributed by atoms with van der Waals surface area (Å²) >= 11 is 0. The van der Waals surface area contributed by atoms with Crippen LogP contribution in [0.2, 0.25) is 0 Å². The van der Waals surface area contributed by atoms with Crippen molar-refractivity contribution in [2.45, 2.75) is 90.0 Å². The van der Waals surface area contributed by atoms with Crippen LogP contribution < -0.4 is 26.6 Å². The van der Waals surface area contributed by atoms with Crippen LogP contribution in [-0.2, 0) is 30.4 Å². The molecule has 11 nitrogen and oxygen atoms in total. The minimum absolute atomic E-state index is 0.108. The summed E-state index contributed by atoms with van der Waals surface area (Å²) in [5.74, 6) is -0.600. The van der Waals surface area contributed by atoms with Crippen molar-refractivity contribution >= 4 is 35.2 Å². The first kappa shape index (κ1) is 29.5. The maximum Gasteiger partial charge on any atom is 0.247 e. The number of carbonyl (C=O) groups excluding carboxylic acids is 5. The molecular weight excluding hydrogens is 512 g/mol. The molecule has 0 aromatic heterocycles. The number of likely N-dealkylation sites (tertiary alicyclic amines) is 1. The van der Waals surface area contributed by atoms with Gasteiger partial charge in [-0.15, -0.1) is 0 Å². The topological polar surface area (TPSA) is 149 Å². The number of likely N-dealkylation sites (N-methyl/N-ethyl adjacent to an activating group) is 1. The third kappa shape index (κ3) is 6.63. The van der Waals surface area contributed by atoms with Crippen LogP contribution in [-0.4, -0.2) is 78.2 Å². The lowest BCUT2D eigenvalue weighted by molar-refractivity contribution is -0.141. The minimum atomic E-state index is -0.683. The molecule has 0 spiro atoms. The molecule has 0 radical (unpaired) electrons. The lowest BCUT2D eigenvalue weighted by Crippen LogP contribution is -2.60. The fourth-order valence-electron chi connectivity index (χ4n) is 5.88. The number of hydrogen-bond donors (Lipinski definition) is 5. The third-order valence-corrected chi connectivity index (χ3v) is 8.30. The van der Waals surface area contributed by atoms with E-state index in [4.69, 9.17) is 0 Å². The highest BCUT2D eigenvalue weighted by Gasteiger charge is 2.49.